The summed E-state index contributed by atoms with van der Waals surface area (Å²) >= 11 is 17.8. The molecule has 0 saturated carbocycles. The fourth-order valence-corrected chi connectivity index (χ4v) is 2.22. The van der Waals surface area contributed by atoms with Gasteiger partial charge in [0.15, 0.2) is 0 Å². The molecule has 0 aromatic heterocycles. The second-order valence-electron chi connectivity index (χ2n) is 4.49. The molecule has 0 saturated heterocycles. The van der Waals surface area contributed by atoms with Gasteiger partial charge >= 0.3 is 0 Å². The van der Waals surface area contributed by atoms with Crippen molar-refractivity contribution >= 4 is 34.8 Å². The van der Waals surface area contributed by atoms with Crippen LogP contribution < -0.4 is 10.5 Å². The molecule has 0 fully saturated rings. The van der Waals surface area contributed by atoms with E-state index in [4.69, 9.17) is 45.3 Å². The first kappa shape index (κ1) is 16.6. The van der Waals surface area contributed by atoms with E-state index in [1.165, 1.54) is 5.54 Å². The van der Waals surface area contributed by atoms with Gasteiger partial charge in [0.1, 0.15) is 12.4 Å². The van der Waals surface area contributed by atoms with Crippen molar-refractivity contribution in [2.75, 3.05) is 6.61 Å². The average Bonchev–Trinajstić information content (AvgIpc) is 2.36. The lowest BCUT2D eigenvalue weighted by Gasteiger charge is -2.16. The van der Waals surface area contributed by atoms with Gasteiger partial charge in [0.25, 0.3) is 0 Å². The molecule has 0 aliphatic carbocycles. The SMILES string of the molecule is CCC(N)Cc1cc(Cl)cc(Cl)c1OC/C(C)=C/Cl. The molecular formula is C14H18Cl3NO. The standard InChI is InChI=1S/C14H18Cl3NO/c1-3-12(18)5-10-4-11(16)6-13(17)14(10)19-8-9(2)7-15/h4,6-7,12H,3,5,8,18H2,1-2H3/b9-7+. The van der Waals surface area contributed by atoms with Gasteiger partial charge in [-0.25, -0.2) is 0 Å². The first-order valence-electron chi connectivity index (χ1n) is 6.10. The lowest BCUT2D eigenvalue weighted by atomic mass is 10.0. The normalized spacial score (nSPS) is 13.5. The lowest BCUT2D eigenvalue weighted by Crippen LogP contribution is -2.22. The van der Waals surface area contributed by atoms with E-state index >= 15 is 0 Å². The molecule has 2 nitrogen and oxygen atoms in total. The summed E-state index contributed by atoms with van der Waals surface area (Å²) in [6.07, 6.45) is 1.56. The molecule has 0 heterocycles. The minimum Gasteiger partial charge on any atom is -0.487 e. The van der Waals surface area contributed by atoms with Crippen LogP contribution in [0, 0.1) is 0 Å². The molecule has 0 spiro atoms. The third-order valence-electron chi connectivity index (χ3n) is 2.72. The Labute approximate surface area is 129 Å². The molecular weight excluding hydrogens is 305 g/mol. The van der Waals surface area contributed by atoms with E-state index in [9.17, 15) is 0 Å². The van der Waals surface area contributed by atoms with Crippen LogP contribution in [0.1, 0.15) is 25.8 Å². The van der Waals surface area contributed by atoms with Gasteiger partial charge in [0, 0.05) is 16.6 Å². The number of ether oxygens (including phenoxy) is 1. The second-order valence-corrected chi connectivity index (χ2v) is 5.55. The molecule has 0 amide bonds. The van der Waals surface area contributed by atoms with E-state index in [1.54, 1.807) is 6.07 Å². The zero-order valence-electron chi connectivity index (χ0n) is 11.1. The van der Waals surface area contributed by atoms with Crippen LogP contribution in [-0.4, -0.2) is 12.6 Å². The van der Waals surface area contributed by atoms with Gasteiger partial charge in [-0.1, -0.05) is 41.7 Å². The van der Waals surface area contributed by atoms with Crippen molar-refractivity contribution in [2.24, 2.45) is 5.73 Å². The minimum atomic E-state index is 0.0570. The van der Waals surface area contributed by atoms with Crippen molar-refractivity contribution in [3.8, 4) is 5.75 Å². The maximum Gasteiger partial charge on any atom is 0.141 e. The van der Waals surface area contributed by atoms with Crippen LogP contribution in [0.5, 0.6) is 5.75 Å². The first-order chi connectivity index (χ1) is 8.97. The third-order valence-corrected chi connectivity index (χ3v) is 3.59. The number of rotatable bonds is 6. The highest BCUT2D eigenvalue weighted by molar-refractivity contribution is 6.35. The number of hydrogen-bond acceptors (Lipinski definition) is 2. The number of halogens is 3. The zero-order chi connectivity index (χ0) is 14.4. The fourth-order valence-electron chi connectivity index (χ4n) is 1.57. The van der Waals surface area contributed by atoms with Crippen molar-refractivity contribution < 1.29 is 4.74 Å². The maximum absolute atomic E-state index is 6.19. The largest absolute Gasteiger partial charge is 0.487 e. The van der Waals surface area contributed by atoms with Crippen LogP contribution >= 0.6 is 34.8 Å². The summed E-state index contributed by atoms with van der Waals surface area (Å²) in [6.45, 7) is 4.31. The lowest BCUT2D eigenvalue weighted by molar-refractivity contribution is 0.347. The predicted octanol–water partition coefficient (Wildman–Crippen LogP) is 4.79. The Balaban J connectivity index is 2.99. The van der Waals surface area contributed by atoms with Crippen LogP contribution in [0.2, 0.25) is 10.0 Å². The Bertz CT molecular complexity index is 460. The Morgan fingerprint density at radius 1 is 1.42 bits per heavy atom. The summed E-state index contributed by atoms with van der Waals surface area (Å²) in [6, 6.07) is 3.57. The molecule has 0 aliphatic rings. The quantitative estimate of drug-likeness (QED) is 0.817. The summed E-state index contributed by atoms with van der Waals surface area (Å²) in [5.41, 5.74) is 9.31. The molecule has 5 heteroatoms. The molecule has 19 heavy (non-hydrogen) atoms. The number of hydrogen-bond donors (Lipinski definition) is 1. The zero-order valence-corrected chi connectivity index (χ0v) is 13.3. The van der Waals surface area contributed by atoms with Crippen molar-refractivity contribution in [2.45, 2.75) is 32.7 Å². The van der Waals surface area contributed by atoms with Crippen LogP contribution in [0.25, 0.3) is 0 Å². The molecule has 0 aliphatic heterocycles. The van der Waals surface area contributed by atoms with E-state index in [0.29, 0.717) is 28.8 Å². The second kappa shape index (κ2) is 8.01. The van der Waals surface area contributed by atoms with Gasteiger partial charge in [0.05, 0.1) is 5.02 Å². The van der Waals surface area contributed by atoms with Gasteiger partial charge in [0.2, 0.25) is 0 Å². The summed E-state index contributed by atoms with van der Waals surface area (Å²) in [5.74, 6) is 0.632. The van der Waals surface area contributed by atoms with E-state index in [2.05, 4.69) is 0 Å². The molecule has 1 atom stereocenters. The minimum absolute atomic E-state index is 0.0570. The summed E-state index contributed by atoms with van der Waals surface area (Å²) in [5, 5.41) is 1.08. The Kier molecular flexibility index (Phi) is 7.01. The summed E-state index contributed by atoms with van der Waals surface area (Å²) in [4.78, 5) is 0. The van der Waals surface area contributed by atoms with Gasteiger partial charge in [-0.2, -0.15) is 0 Å². The monoisotopic (exact) mass is 321 g/mol. The van der Waals surface area contributed by atoms with E-state index in [-0.39, 0.29) is 6.04 Å². The van der Waals surface area contributed by atoms with Gasteiger partial charge in [-0.3, -0.25) is 0 Å². The van der Waals surface area contributed by atoms with E-state index in [0.717, 1.165) is 17.6 Å². The van der Waals surface area contributed by atoms with Crippen LogP contribution in [-0.2, 0) is 6.42 Å². The number of benzene rings is 1. The predicted molar refractivity (Wildman–Crippen MR) is 83.5 cm³/mol. The van der Waals surface area contributed by atoms with Crippen LogP contribution in [0.3, 0.4) is 0 Å². The van der Waals surface area contributed by atoms with Crippen LogP contribution in [0.4, 0.5) is 0 Å². The maximum atomic E-state index is 6.19. The molecule has 0 radical (unpaired) electrons. The Morgan fingerprint density at radius 3 is 2.68 bits per heavy atom. The first-order valence-corrected chi connectivity index (χ1v) is 7.29. The van der Waals surface area contributed by atoms with Gasteiger partial charge in [-0.15, -0.1) is 0 Å². The molecule has 1 aromatic rings. The van der Waals surface area contributed by atoms with Crippen molar-refractivity contribution in [3.63, 3.8) is 0 Å². The molecule has 1 rings (SSSR count). The van der Waals surface area contributed by atoms with Crippen molar-refractivity contribution in [1.29, 1.82) is 0 Å². The van der Waals surface area contributed by atoms with E-state index in [1.807, 2.05) is 19.9 Å². The summed E-state index contributed by atoms with van der Waals surface area (Å²) < 4.78 is 5.72. The number of nitrogens with two attached hydrogens (primary N) is 1. The Hall–Kier alpha value is -0.410. The molecule has 2 N–H and O–H groups in total. The highest BCUT2D eigenvalue weighted by Crippen LogP contribution is 2.33. The Morgan fingerprint density at radius 2 is 2.11 bits per heavy atom. The van der Waals surface area contributed by atoms with Gasteiger partial charge < -0.3 is 10.5 Å². The smallest absolute Gasteiger partial charge is 0.141 e. The highest BCUT2D eigenvalue weighted by atomic mass is 35.5. The van der Waals surface area contributed by atoms with Crippen molar-refractivity contribution in [1.82, 2.24) is 0 Å². The molecule has 1 aromatic carbocycles. The van der Waals surface area contributed by atoms with Gasteiger partial charge in [-0.05, 0) is 43.0 Å². The molecule has 0 bridgehead atoms. The molecule has 1 unspecified atom stereocenters. The average molecular weight is 323 g/mol. The van der Waals surface area contributed by atoms with E-state index < -0.39 is 0 Å². The summed E-state index contributed by atoms with van der Waals surface area (Å²) in [7, 11) is 0. The third kappa shape index (κ3) is 5.23. The topological polar surface area (TPSA) is 35.2 Å². The van der Waals surface area contributed by atoms with Crippen molar-refractivity contribution in [3.05, 3.63) is 38.8 Å². The fraction of sp³-hybridized carbons (Fsp3) is 0.429. The van der Waals surface area contributed by atoms with Crippen LogP contribution in [0.15, 0.2) is 23.2 Å². The molecule has 106 valence electrons. The highest BCUT2D eigenvalue weighted by Gasteiger charge is 2.13.